The third kappa shape index (κ3) is 6.44. The number of aryl methyl sites for hydroxylation is 1. The Kier molecular flexibility index (Phi) is 6.61. The minimum atomic E-state index is -0.558. The number of amides is 2. The third-order valence-electron chi connectivity index (χ3n) is 3.97. The largest absolute Gasteiger partial charge is 0.444 e. The smallest absolute Gasteiger partial charge is 0.412 e. The number of carbonyl (C=O) groups is 2. The quantitative estimate of drug-likeness (QED) is 0.819. The molecule has 0 unspecified atom stereocenters. The van der Waals surface area contributed by atoms with Crippen molar-refractivity contribution in [2.24, 2.45) is 0 Å². The Morgan fingerprint density at radius 2 is 1.52 bits per heavy atom. The molecule has 0 fully saturated rings. The first-order valence-corrected chi connectivity index (χ1v) is 9.11. The van der Waals surface area contributed by atoms with Crippen LogP contribution in [0.15, 0.2) is 48.5 Å². The van der Waals surface area contributed by atoms with Crippen LogP contribution in [0, 0.1) is 0 Å². The van der Waals surface area contributed by atoms with Crippen molar-refractivity contribution in [3.05, 3.63) is 65.2 Å². The van der Waals surface area contributed by atoms with Gasteiger partial charge in [-0.1, -0.05) is 31.2 Å². The molecule has 144 valence electrons. The van der Waals surface area contributed by atoms with Crippen molar-refractivity contribution in [2.45, 2.75) is 46.3 Å². The van der Waals surface area contributed by atoms with Gasteiger partial charge in [0.05, 0.1) is 0 Å². The lowest BCUT2D eigenvalue weighted by Crippen LogP contribution is -2.27. The van der Waals surface area contributed by atoms with Crippen LogP contribution in [-0.4, -0.2) is 29.5 Å². The van der Waals surface area contributed by atoms with Crippen LogP contribution in [0.5, 0.6) is 0 Å². The fourth-order valence-corrected chi connectivity index (χ4v) is 2.56. The number of hydrogen-bond donors (Lipinski definition) is 1. The molecule has 2 aromatic rings. The van der Waals surface area contributed by atoms with E-state index in [0.29, 0.717) is 17.8 Å². The number of nitrogens with zero attached hydrogens (tertiary/aromatic N) is 1. The van der Waals surface area contributed by atoms with Gasteiger partial charge in [0.2, 0.25) is 0 Å². The molecular weight excluding hydrogens is 340 g/mol. The number of anilines is 1. The lowest BCUT2D eigenvalue weighted by atomic mass is 10.1. The van der Waals surface area contributed by atoms with Crippen molar-refractivity contribution in [1.82, 2.24) is 4.90 Å². The van der Waals surface area contributed by atoms with Gasteiger partial charge in [-0.15, -0.1) is 0 Å². The van der Waals surface area contributed by atoms with Crippen molar-refractivity contribution in [2.75, 3.05) is 12.4 Å². The van der Waals surface area contributed by atoms with Crippen molar-refractivity contribution in [1.29, 1.82) is 0 Å². The van der Waals surface area contributed by atoms with Gasteiger partial charge in [0, 0.05) is 24.8 Å². The van der Waals surface area contributed by atoms with Gasteiger partial charge in [-0.2, -0.15) is 0 Å². The first-order valence-electron chi connectivity index (χ1n) is 9.11. The summed E-state index contributed by atoms with van der Waals surface area (Å²) in [7, 11) is 1.78. The molecule has 0 bridgehead atoms. The van der Waals surface area contributed by atoms with E-state index in [1.807, 2.05) is 0 Å². The molecule has 0 saturated heterocycles. The van der Waals surface area contributed by atoms with Crippen LogP contribution >= 0.6 is 0 Å². The van der Waals surface area contributed by atoms with Gasteiger partial charge < -0.3 is 9.64 Å². The molecule has 5 heteroatoms. The van der Waals surface area contributed by atoms with Crippen LogP contribution in [0.3, 0.4) is 0 Å². The lowest BCUT2D eigenvalue weighted by molar-refractivity contribution is 0.0635. The summed E-state index contributed by atoms with van der Waals surface area (Å²) in [6, 6.07) is 15.1. The van der Waals surface area contributed by atoms with Crippen molar-refractivity contribution < 1.29 is 14.3 Å². The highest BCUT2D eigenvalue weighted by molar-refractivity contribution is 5.95. The second-order valence-corrected chi connectivity index (χ2v) is 7.54. The van der Waals surface area contributed by atoms with Gasteiger partial charge in [0.1, 0.15) is 5.60 Å². The van der Waals surface area contributed by atoms with Crippen molar-refractivity contribution in [3.63, 3.8) is 0 Å². The normalized spacial score (nSPS) is 11.0. The van der Waals surface area contributed by atoms with E-state index in [1.54, 1.807) is 57.0 Å². The lowest BCUT2D eigenvalue weighted by Gasteiger charge is -2.20. The maximum atomic E-state index is 12.6. The molecule has 27 heavy (non-hydrogen) atoms. The second-order valence-electron chi connectivity index (χ2n) is 7.54. The van der Waals surface area contributed by atoms with E-state index in [9.17, 15) is 9.59 Å². The highest BCUT2D eigenvalue weighted by Crippen LogP contribution is 2.15. The van der Waals surface area contributed by atoms with Gasteiger partial charge in [-0.05, 0) is 62.6 Å². The van der Waals surface area contributed by atoms with E-state index >= 15 is 0 Å². The third-order valence-corrected chi connectivity index (χ3v) is 3.97. The van der Waals surface area contributed by atoms with Crippen molar-refractivity contribution in [3.8, 4) is 0 Å². The van der Waals surface area contributed by atoms with Crippen LogP contribution < -0.4 is 5.32 Å². The van der Waals surface area contributed by atoms with E-state index in [0.717, 1.165) is 12.0 Å². The molecule has 2 rings (SSSR count). The number of hydrogen-bond acceptors (Lipinski definition) is 3. The number of benzene rings is 2. The first-order chi connectivity index (χ1) is 12.7. The van der Waals surface area contributed by atoms with E-state index in [-0.39, 0.29) is 5.91 Å². The van der Waals surface area contributed by atoms with Crippen LogP contribution in [-0.2, 0) is 17.7 Å². The van der Waals surface area contributed by atoms with Gasteiger partial charge in [0.15, 0.2) is 0 Å². The van der Waals surface area contributed by atoms with Gasteiger partial charge in [-0.25, -0.2) is 4.79 Å². The summed E-state index contributed by atoms with van der Waals surface area (Å²) in [5, 5.41) is 2.66. The first kappa shape index (κ1) is 20.5. The minimum absolute atomic E-state index is 0.0709. The molecule has 0 spiro atoms. The summed E-state index contributed by atoms with van der Waals surface area (Å²) in [5.74, 6) is -0.0709. The SMILES string of the molecule is CCc1ccc(CN(C)C(=O)c2ccc(NC(=O)OC(C)(C)C)cc2)cc1. The van der Waals surface area contributed by atoms with Crippen LogP contribution in [0.25, 0.3) is 0 Å². The molecule has 0 saturated carbocycles. The molecule has 1 N–H and O–H groups in total. The summed E-state index contributed by atoms with van der Waals surface area (Å²) in [6.07, 6.45) is 0.479. The molecule has 0 radical (unpaired) electrons. The van der Waals surface area contributed by atoms with Gasteiger partial charge >= 0.3 is 6.09 Å². The maximum Gasteiger partial charge on any atom is 0.412 e. The Bertz CT molecular complexity index is 775. The molecule has 2 amide bonds. The molecule has 0 heterocycles. The fraction of sp³-hybridized carbons (Fsp3) is 0.364. The number of rotatable bonds is 5. The highest BCUT2D eigenvalue weighted by Gasteiger charge is 2.17. The maximum absolute atomic E-state index is 12.6. The Labute approximate surface area is 161 Å². The fourth-order valence-electron chi connectivity index (χ4n) is 2.56. The number of carbonyl (C=O) groups excluding carboxylic acids is 2. The molecule has 5 nitrogen and oxygen atoms in total. The predicted molar refractivity (Wildman–Crippen MR) is 108 cm³/mol. The Morgan fingerprint density at radius 1 is 0.963 bits per heavy atom. The highest BCUT2D eigenvalue weighted by atomic mass is 16.6. The summed E-state index contributed by atoms with van der Waals surface area (Å²) in [5.41, 5.74) is 2.96. The van der Waals surface area contributed by atoms with Crippen molar-refractivity contribution >= 4 is 17.7 Å². The Hall–Kier alpha value is -2.82. The average Bonchev–Trinajstić information content (AvgIpc) is 2.60. The van der Waals surface area contributed by atoms with Crippen LogP contribution in [0.4, 0.5) is 10.5 Å². The second kappa shape index (κ2) is 8.71. The van der Waals surface area contributed by atoms with E-state index in [1.165, 1.54) is 5.56 Å². The van der Waals surface area contributed by atoms with Crippen LogP contribution in [0.2, 0.25) is 0 Å². The summed E-state index contributed by atoms with van der Waals surface area (Å²) < 4.78 is 5.22. The molecule has 2 aromatic carbocycles. The van der Waals surface area contributed by atoms with E-state index in [2.05, 4.69) is 36.5 Å². The zero-order valence-electron chi connectivity index (χ0n) is 16.7. The molecule has 0 atom stereocenters. The average molecular weight is 368 g/mol. The van der Waals surface area contributed by atoms with E-state index in [4.69, 9.17) is 4.74 Å². The zero-order chi connectivity index (χ0) is 20.0. The summed E-state index contributed by atoms with van der Waals surface area (Å²) in [6.45, 7) is 8.08. The standard InChI is InChI=1S/C22H28N2O3/c1-6-16-7-9-17(10-8-16)15-24(5)20(25)18-11-13-19(14-12-18)23-21(26)27-22(2,3)4/h7-14H,6,15H2,1-5H3,(H,23,26). The monoisotopic (exact) mass is 368 g/mol. The molecule has 0 aliphatic heterocycles. The predicted octanol–water partition coefficient (Wildman–Crippen LogP) is 4.87. The molecular formula is C22H28N2O3. The van der Waals surface area contributed by atoms with Gasteiger partial charge in [-0.3, -0.25) is 10.1 Å². The molecule has 0 aromatic heterocycles. The molecule has 0 aliphatic rings. The topological polar surface area (TPSA) is 58.6 Å². The van der Waals surface area contributed by atoms with E-state index < -0.39 is 11.7 Å². The Balaban J connectivity index is 1.96. The number of nitrogens with one attached hydrogen (secondary N) is 1. The zero-order valence-corrected chi connectivity index (χ0v) is 16.7. The molecule has 0 aliphatic carbocycles. The minimum Gasteiger partial charge on any atom is -0.444 e. The summed E-state index contributed by atoms with van der Waals surface area (Å²) in [4.78, 5) is 26.1. The number of ether oxygens (including phenoxy) is 1. The van der Waals surface area contributed by atoms with Crippen LogP contribution in [0.1, 0.15) is 49.2 Å². The van der Waals surface area contributed by atoms with Gasteiger partial charge in [0.25, 0.3) is 5.91 Å². The Morgan fingerprint density at radius 3 is 2.04 bits per heavy atom. The summed E-state index contributed by atoms with van der Waals surface area (Å²) >= 11 is 0.